The van der Waals surface area contributed by atoms with Gasteiger partial charge in [-0.1, -0.05) is 54.6 Å². The van der Waals surface area contributed by atoms with Crippen LogP contribution in [0.4, 0.5) is 0 Å². The maximum atomic E-state index is 12.2. The Morgan fingerprint density at radius 1 is 0.773 bits per heavy atom. The molecule has 22 heavy (non-hydrogen) atoms. The van der Waals surface area contributed by atoms with Crippen molar-refractivity contribution in [3.8, 4) is 22.5 Å². The lowest BCUT2D eigenvalue weighted by molar-refractivity contribution is 1.06. The van der Waals surface area contributed by atoms with Gasteiger partial charge in [-0.3, -0.25) is 15.0 Å². The molecule has 4 rings (SSSR count). The smallest absolute Gasteiger partial charge is 0.274 e. The molecule has 106 valence electrons. The zero-order valence-corrected chi connectivity index (χ0v) is 11.7. The lowest BCUT2D eigenvalue weighted by atomic mass is 10.0. The highest BCUT2D eigenvalue weighted by molar-refractivity contribution is 5.84. The molecule has 0 aliphatic carbocycles. The van der Waals surface area contributed by atoms with Crippen molar-refractivity contribution in [3.63, 3.8) is 0 Å². The van der Waals surface area contributed by atoms with Crippen LogP contribution in [0.15, 0.2) is 71.5 Å². The molecule has 0 unspecified atom stereocenters. The first kappa shape index (κ1) is 12.6. The molecular formula is C18H13N3O. The number of hydrogen-bond acceptors (Lipinski definition) is 2. The van der Waals surface area contributed by atoms with E-state index in [9.17, 15) is 4.79 Å². The zero-order chi connectivity index (χ0) is 14.9. The Kier molecular flexibility index (Phi) is 2.86. The van der Waals surface area contributed by atoms with E-state index < -0.39 is 0 Å². The van der Waals surface area contributed by atoms with Crippen molar-refractivity contribution in [2.24, 2.45) is 0 Å². The summed E-state index contributed by atoms with van der Waals surface area (Å²) < 4.78 is 0. The molecule has 2 aromatic heterocycles. The summed E-state index contributed by atoms with van der Waals surface area (Å²) in [6.45, 7) is 0. The van der Waals surface area contributed by atoms with Crippen LogP contribution in [0.25, 0.3) is 33.4 Å². The first-order chi connectivity index (χ1) is 10.8. The van der Waals surface area contributed by atoms with E-state index in [1.54, 1.807) is 0 Å². The molecule has 0 fully saturated rings. The zero-order valence-electron chi connectivity index (χ0n) is 11.7. The molecule has 0 saturated carbocycles. The Balaban J connectivity index is 1.95. The van der Waals surface area contributed by atoms with Gasteiger partial charge in [0.05, 0.1) is 22.5 Å². The third-order valence-corrected chi connectivity index (χ3v) is 3.70. The van der Waals surface area contributed by atoms with Crippen LogP contribution in [-0.4, -0.2) is 15.2 Å². The molecule has 0 spiro atoms. The summed E-state index contributed by atoms with van der Waals surface area (Å²) >= 11 is 0. The number of nitrogens with one attached hydrogen (secondary N) is 2. The third kappa shape index (κ3) is 2.02. The van der Waals surface area contributed by atoms with Crippen LogP contribution < -0.4 is 5.56 Å². The Morgan fingerprint density at radius 2 is 1.55 bits per heavy atom. The molecule has 0 aliphatic heterocycles. The fourth-order valence-electron chi connectivity index (χ4n) is 2.63. The lowest BCUT2D eigenvalue weighted by Gasteiger charge is -2.04. The van der Waals surface area contributed by atoms with E-state index in [1.807, 2.05) is 66.7 Å². The van der Waals surface area contributed by atoms with Gasteiger partial charge in [-0.2, -0.15) is 0 Å². The summed E-state index contributed by atoms with van der Waals surface area (Å²) in [5, 5.41) is 6.68. The number of pyridine rings is 1. The van der Waals surface area contributed by atoms with Gasteiger partial charge in [0.1, 0.15) is 0 Å². The van der Waals surface area contributed by atoms with Crippen molar-refractivity contribution in [2.45, 2.75) is 0 Å². The molecule has 4 aromatic rings. The molecule has 4 heteroatoms. The van der Waals surface area contributed by atoms with Gasteiger partial charge >= 0.3 is 0 Å². The summed E-state index contributed by atoms with van der Waals surface area (Å²) in [4.78, 5) is 16.8. The van der Waals surface area contributed by atoms with E-state index in [2.05, 4.69) is 15.2 Å². The molecule has 2 N–H and O–H groups in total. The summed E-state index contributed by atoms with van der Waals surface area (Å²) in [5.74, 6) is 0. The fraction of sp³-hybridized carbons (Fsp3) is 0. The van der Waals surface area contributed by atoms with Crippen molar-refractivity contribution in [3.05, 3.63) is 77.1 Å². The normalized spacial score (nSPS) is 10.9. The predicted octanol–water partition coefficient (Wildman–Crippen LogP) is 3.59. The predicted molar refractivity (Wildman–Crippen MR) is 87.6 cm³/mol. The van der Waals surface area contributed by atoms with E-state index in [1.165, 1.54) is 0 Å². The highest BCUT2D eigenvalue weighted by atomic mass is 16.1. The van der Waals surface area contributed by atoms with Crippen LogP contribution in [-0.2, 0) is 0 Å². The minimum absolute atomic E-state index is 0.165. The molecule has 0 saturated heterocycles. The van der Waals surface area contributed by atoms with Gasteiger partial charge in [0.15, 0.2) is 0 Å². The van der Waals surface area contributed by atoms with Crippen LogP contribution >= 0.6 is 0 Å². The number of aromatic amines is 2. The molecular weight excluding hydrogens is 274 g/mol. The summed E-state index contributed by atoms with van der Waals surface area (Å²) in [6.07, 6.45) is 0. The maximum absolute atomic E-state index is 12.2. The van der Waals surface area contributed by atoms with E-state index >= 15 is 0 Å². The Bertz CT molecular complexity index is 999. The van der Waals surface area contributed by atoms with Crippen LogP contribution in [0, 0.1) is 0 Å². The second-order valence-electron chi connectivity index (χ2n) is 5.08. The number of para-hydroxylation sites is 1. The van der Waals surface area contributed by atoms with E-state index in [-0.39, 0.29) is 5.56 Å². The molecule has 0 atom stereocenters. The average Bonchev–Trinajstić information content (AvgIpc) is 2.97. The number of nitrogens with zero attached hydrogens (tertiary/aromatic N) is 1. The molecule has 2 aromatic carbocycles. The van der Waals surface area contributed by atoms with Crippen molar-refractivity contribution >= 4 is 10.9 Å². The van der Waals surface area contributed by atoms with Crippen LogP contribution in [0.5, 0.6) is 0 Å². The number of fused-ring (bicyclic) bond motifs is 1. The van der Waals surface area contributed by atoms with Gasteiger partial charge in [0.25, 0.3) is 5.56 Å². The minimum Gasteiger partial charge on any atom is -0.297 e. The van der Waals surface area contributed by atoms with Crippen LogP contribution in [0.3, 0.4) is 0 Å². The Labute approximate surface area is 126 Å². The monoisotopic (exact) mass is 287 g/mol. The van der Waals surface area contributed by atoms with Crippen molar-refractivity contribution in [1.29, 1.82) is 0 Å². The summed E-state index contributed by atoms with van der Waals surface area (Å²) in [7, 11) is 0. The standard InChI is InChI=1S/C18H13N3O/c22-18-16(17(20-21-18)13-7-2-1-3-8-13)15-11-10-12-6-4-5-9-14(12)19-15/h1-11H,(H2,20,21,22). The van der Waals surface area contributed by atoms with Crippen LogP contribution in [0.1, 0.15) is 0 Å². The van der Waals surface area contributed by atoms with Gasteiger partial charge in [0, 0.05) is 10.9 Å². The Morgan fingerprint density at radius 3 is 2.41 bits per heavy atom. The molecule has 0 bridgehead atoms. The quantitative estimate of drug-likeness (QED) is 0.592. The van der Waals surface area contributed by atoms with Crippen LogP contribution in [0.2, 0.25) is 0 Å². The molecule has 0 radical (unpaired) electrons. The van der Waals surface area contributed by atoms with Gasteiger partial charge in [-0.25, -0.2) is 4.98 Å². The number of hydrogen-bond donors (Lipinski definition) is 2. The topological polar surface area (TPSA) is 61.5 Å². The first-order valence-electron chi connectivity index (χ1n) is 7.05. The summed E-state index contributed by atoms with van der Waals surface area (Å²) in [6, 6.07) is 21.5. The van der Waals surface area contributed by atoms with Gasteiger partial charge in [-0.15, -0.1) is 0 Å². The van der Waals surface area contributed by atoms with E-state index in [0.29, 0.717) is 11.3 Å². The van der Waals surface area contributed by atoms with Gasteiger partial charge < -0.3 is 0 Å². The minimum atomic E-state index is -0.165. The SMILES string of the molecule is O=c1[nH][nH]c(-c2ccccc2)c1-c1ccc2ccccc2n1. The number of H-pyrrole nitrogens is 2. The third-order valence-electron chi connectivity index (χ3n) is 3.70. The first-order valence-corrected chi connectivity index (χ1v) is 7.05. The Hall–Kier alpha value is -3.14. The second-order valence-corrected chi connectivity index (χ2v) is 5.08. The van der Waals surface area contributed by atoms with E-state index in [4.69, 9.17) is 0 Å². The van der Waals surface area contributed by atoms with Crippen molar-refractivity contribution < 1.29 is 0 Å². The highest BCUT2D eigenvalue weighted by Crippen LogP contribution is 2.27. The van der Waals surface area contributed by atoms with Gasteiger partial charge in [-0.05, 0) is 12.1 Å². The molecule has 0 aliphatic rings. The second kappa shape index (κ2) is 5.00. The maximum Gasteiger partial charge on any atom is 0.274 e. The fourth-order valence-corrected chi connectivity index (χ4v) is 2.63. The number of rotatable bonds is 2. The average molecular weight is 287 g/mol. The number of benzene rings is 2. The van der Waals surface area contributed by atoms with Crippen molar-refractivity contribution in [1.82, 2.24) is 15.2 Å². The van der Waals surface area contributed by atoms with Crippen molar-refractivity contribution in [2.75, 3.05) is 0 Å². The molecule has 4 nitrogen and oxygen atoms in total. The van der Waals surface area contributed by atoms with E-state index in [0.717, 1.165) is 22.2 Å². The number of aromatic nitrogens is 3. The largest absolute Gasteiger partial charge is 0.297 e. The molecule has 2 heterocycles. The lowest BCUT2D eigenvalue weighted by Crippen LogP contribution is -2.03. The summed E-state index contributed by atoms with van der Waals surface area (Å²) in [5.41, 5.74) is 3.65. The van der Waals surface area contributed by atoms with Gasteiger partial charge in [0.2, 0.25) is 0 Å². The molecule has 0 amide bonds. The highest BCUT2D eigenvalue weighted by Gasteiger charge is 2.15.